The lowest BCUT2D eigenvalue weighted by atomic mass is 10.1. The van der Waals surface area contributed by atoms with E-state index in [0.29, 0.717) is 18.0 Å². The lowest BCUT2D eigenvalue weighted by Gasteiger charge is -2.13. The van der Waals surface area contributed by atoms with Crippen molar-refractivity contribution in [3.8, 4) is 6.01 Å². The Morgan fingerprint density at radius 1 is 1.25 bits per heavy atom. The largest absolute Gasteiger partial charge is 0.460 e. The summed E-state index contributed by atoms with van der Waals surface area (Å²) < 4.78 is 5.82. The van der Waals surface area contributed by atoms with E-state index < -0.39 is 0 Å². The first-order valence-corrected chi connectivity index (χ1v) is 6.17. The van der Waals surface area contributed by atoms with Gasteiger partial charge in [0.25, 0.3) is 0 Å². The highest BCUT2D eigenvalue weighted by atomic mass is 16.5. The van der Waals surface area contributed by atoms with Gasteiger partial charge in [-0.15, -0.1) is 0 Å². The Kier molecular flexibility index (Phi) is 3.42. The Balaban J connectivity index is 2.13. The van der Waals surface area contributed by atoms with Gasteiger partial charge in [0.15, 0.2) is 0 Å². The predicted octanol–water partition coefficient (Wildman–Crippen LogP) is 3.23. The first kappa shape index (κ1) is 11.4. The Morgan fingerprint density at radius 2 is 1.94 bits per heavy atom. The van der Waals surface area contributed by atoms with Crippen molar-refractivity contribution < 1.29 is 4.74 Å². The number of ether oxygens (including phenoxy) is 1. The van der Waals surface area contributed by atoms with Gasteiger partial charge in [-0.2, -0.15) is 4.98 Å². The molecule has 3 nitrogen and oxygen atoms in total. The molecule has 0 amide bonds. The summed E-state index contributed by atoms with van der Waals surface area (Å²) in [5, 5.41) is 0. The standard InChI is InChI=1S/C13H20N2O/c1-9(2)12-8-10(3)14-13(15-12)16-11-6-4-5-7-11/h8-9,11H,4-7H2,1-3H3. The van der Waals surface area contributed by atoms with E-state index in [4.69, 9.17) is 4.74 Å². The third kappa shape index (κ3) is 2.71. The first-order valence-electron chi connectivity index (χ1n) is 6.17. The molecule has 16 heavy (non-hydrogen) atoms. The van der Waals surface area contributed by atoms with E-state index in [-0.39, 0.29) is 0 Å². The number of hydrogen-bond acceptors (Lipinski definition) is 3. The highest BCUT2D eigenvalue weighted by Gasteiger charge is 2.18. The fourth-order valence-corrected chi connectivity index (χ4v) is 2.07. The maximum atomic E-state index is 5.82. The molecule has 0 N–H and O–H groups in total. The molecule has 1 heterocycles. The zero-order chi connectivity index (χ0) is 11.5. The van der Waals surface area contributed by atoms with E-state index in [0.717, 1.165) is 24.2 Å². The summed E-state index contributed by atoms with van der Waals surface area (Å²) in [6.45, 7) is 6.28. The number of aryl methyl sites for hydroxylation is 1. The third-order valence-electron chi connectivity index (χ3n) is 3.02. The normalized spacial score (nSPS) is 17.0. The van der Waals surface area contributed by atoms with Crippen molar-refractivity contribution in [2.45, 2.75) is 58.5 Å². The van der Waals surface area contributed by atoms with Crippen LogP contribution < -0.4 is 4.74 Å². The van der Waals surface area contributed by atoms with Crippen LogP contribution in [-0.2, 0) is 0 Å². The van der Waals surface area contributed by atoms with Crippen LogP contribution in [0.25, 0.3) is 0 Å². The second-order valence-corrected chi connectivity index (χ2v) is 4.90. The molecule has 2 rings (SSSR count). The van der Waals surface area contributed by atoms with Crippen LogP contribution in [0.15, 0.2) is 6.07 Å². The van der Waals surface area contributed by atoms with E-state index in [2.05, 4.69) is 23.8 Å². The summed E-state index contributed by atoms with van der Waals surface area (Å²) in [6.07, 6.45) is 5.17. The first-order chi connectivity index (χ1) is 7.65. The molecule has 0 radical (unpaired) electrons. The molecule has 1 fully saturated rings. The van der Waals surface area contributed by atoms with Gasteiger partial charge >= 0.3 is 6.01 Å². The summed E-state index contributed by atoms with van der Waals surface area (Å²) in [5.41, 5.74) is 2.06. The summed E-state index contributed by atoms with van der Waals surface area (Å²) in [5.74, 6) is 0.424. The zero-order valence-electron chi connectivity index (χ0n) is 10.4. The molecule has 1 saturated carbocycles. The van der Waals surface area contributed by atoms with Gasteiger partial charge in [0.05, 0.1) is 5.69 Å². The highest BCUT2D eigenvalue weighted by Crippen LogP contribution is 2.23. The molecule has 3 heteroatoms. The lowest BCUT2D eigenvalue weighted by molar-refractivity contribution is 0.191. The molecule has 88 valence electrons. The van der Waals surface area contributed by atoms with Gasteiger partial charge in [-0.1, -0.05) is 13.8 Å². The van der Waals surface area contributed by atoms with Gasteiger partial charge in [-0.05, 0) is 44.6 Å². The molecule has 0 spiro atoms. The molecule has 0 aliphatic heterocycles. The molecule has 0 saturated heterocycles. The van der Waals surface area contributed by atoms with Crippen LogP contribution in [0.5, 0.6) is 6.01 Å². The summed E-state index contributed by atoms with van der Waals surface area (Å²) in [7, 11) is 0. The van der Waals surface area contributed by atoms with E-state index >= 15 is 0 Å². The lowest BCUT2D eigenvalue weighted by Crippen LogP contribution is -2.14. The van der Waals surface area contributed by atoms with E-state index in [1.807, 2.05) is 13.0 Å². The van der Waals surface area contributed by atoms with Gasteiger partial charge in [0, 0.05) is 5.69 Å². The number of hydrogen-bond donors (Lipinski definition) is 0. The SMILES string of the molecule is Cc1cc(C(C)C)nc(OC2CCCC2)n1. The molecule has 1 aliphatic rings. The van der Waals surface area contributed by atoms with Crippen molar-refractivity contribution in [3.63, 3.8) is 0 Å². The molecule has 1 aromatic rings. The zero-order valence-corrected chi connectivity index (χ0v) is 10.4. The van der Waals surface area contributed by atoms with Gasteiger partial charge in [0.2, 0.25) is 0 Å². The summed E-state index contributed by atoms with van der Waals surface area (Å²) in [4.78, 5) is 8.81. The molecular formula is C13H20N2O. The Hall–Kier alpha value is -1.12. The maximum Gasteiger partial charge on any atom is 0.317 e. The van der Waals surface area contributed by atoms with Gasteiger partial charge < -0.3 is 4.74 Å². The van der Waals surface area contributed by atoms with Crippen LogP contribution in [0.1, 0.15) is 56.8 Å². The van der Waals surface area contributed by atoms with Crippen molar-refractivity contribution in [2.75, 3.05) is 0 Å². The minimum Gasteiger partial charge on any atom is -0.460 e. The van der Waals surface area contributed by atoms with Crippen LogP contribution in [0.4, 0.5) is 0 Å². The van der Waals surface area contributed by atoms with Gasteiger partial charge in [0.1, 0.15) is 6.10 Å². The quantitative estimate of drug-likeness (QED) is 0.784. The predicted molar refractivity (Wildman–Crippen MR) is 63.7 cm³/mol. The smallest absolute Gasteiger partial charge is 0.317 e. The Bertz CT molecular complexity index is 357. The maximum absolute atomic E-state index is 5.82. The second kappa shape index (κ2) is 4.81. The third-order valence-corrected chi connectivity index (χ3v) is 3.02. The Morgan fingerprint density at radius 3 is 2.56 bits per heavy atom. The molecule has 0 unspecified atom stereocenters. The van der Waals surface area contributed by atoms with Crippen molar-refractivity contribution in [1.82, 2.24) is 9.97 Å². The second-order valence-electron chi connectivity index (χ2n) is 4.90. The number of rotatable bonds is 3. The number of nitrogens with zero attached hydrogens (tertiary/aromatic N) is 2. The fourth-order valence-electron chi connectivity index (χ4n) is 2.07. The van der Waals surface area contributed by atoms with Crippen LogP contribution in [0.3, 0.4) is 0 Å². The molecule has 1 aliphatic carbocycles. The molecular weight excluding hydrogens is 200 g/mol. The van der Waals surface area contributed by atoms with Crippen LogP contribution in [-0.4, -0.2) is 16.1 Å². The number of aromatic nitrogens is 2. The highest BCUT2D eigenvalue weighted by molar-refractivity contribution is 5.15. The van der Waals surface area contributed by atoms with Crippen molar-refractivity contribution in [2.24, 2.45) is 0 Å². The monoisotopic (exact) mass is 220 g/mol. The summed E-state index contributed by atoms with van der Waals surface area (Å²) in [6, 6.07) is 2.60. The topological polar surface area (TPSA) is 35.0 Å². The van der Waals surface area contributed by atoms with Crippen LogP contribution in [0, 0.1) is 6.92 Å². The Labute approximate surface area is 97.3 Å². The van der Waals surface area contributed by atoms with E-state index in [1.165, 1.54) is 12.8 Å². The minimum absolute atomic E-state index is 0.335. The van der Waals surface area contributed by atoms with Crippen molar-refractivity contribution >= 4 is 0 Å². The van der Waals surface area contributed by atoms with Gasteiger partial charge in [-0.25, -0.2) is 4.98 Å². The van der Waals surface area contributed by atoms with E-state index in [9.17, 15) is 0 Å². The average Bonchev–Trinajstić information content (AvgIpc) is 2.69. The van der Waals surface area contributed by atoms with Crippen molar-refractivity contribution in [1.29, 1.82) is 0 Å². The van der Waals surface area contributed by atoms with Crippen molar-refractivity contribution in [3.05, 3.63) is 17.5 Å². The van der Waals surface area contributed by atoms with Crippen LogP contribution >= 0.6 is 0 Å². The molecule has 0 atom stereocenters. The molecule has 0 aromatic carbocycles. The fraction of sp³-hybridized carbons (Fsp3) is 0.692. The van der Waals surface area contributed by atoms with Gasteiger partial charge in [-0.3, -0.25) is 0 Å². The molecule has 1 aromatic heterocycles. The van der Waals surface area contributed by atoms with Crippen LogP contribution in [0.2, 0.25) is 0 Å². The summed E-state index contributed by atoms with van der Waals surface area (Å²) >= 11 is 0. The molecule has 0 bridgehead atoms. The minimum atomic E-state index is 0.335. The van der Waals surface area contributed by atoms with E-state index in [1.54, 1.807) is 0 Å². The average molecular weight is 220 g/mol.